The van der Waals surface area contributed by atoms with Crippen LogP contribution in [0.4, 0.5) is 11.6 Å². The molecule has 0 amide bonds. The molecular weight excluding hydrogens is 492 g/mol. The molecule has 3 aromatic heterocycles. The number of allylic oxidation sites excluding steroid dienone is 4. The fourth-order valence-corrected chi connectivity index (χ4v) is 3.97. The molecule has 1 aliphatic carbocycles. The van der Waals surface area contributed by atoms with Crippen molar-refractivity contribution in [2.75, 3.05) is 11.5 Å². The second kappa shape index (κ2) is 11.2. The molecule has 11 heteroatoms. The molecule has 37 heavy (non-hydrogen) atoms. The Bertz CT molecular complexity index is 1530. The minimum absolute atomic E-state index is 0.179. The van der Waals surface area contributed by atoms with Gasteiger partial charge in [-0.25, -0.2) is 15.0 Å². The lowest BCUT2D eigenvalue weighted by atomic mass is 10.2. The molecule has 0 unspecified atom stereocenters. The summed E-state index contributed by atoms with van der Waals surface area (Å²) in [6.07, 6.45) is 10.1. The second-order valence-electron chi connectivity index (χ2n) is 8.34. The van der Waals surface area contributed by atoms with Crippen LogP contribution in [0.1, 0.15) is 43.8 Å². The van der Waals surface area contributed by atoms with E-state index in [1.54, 1.807) is 41.0 Å². The molecule has 1 aromatic carbocycles. The van der Waals surface area contributed by atoms with Crippen LogP contribution in [0.5, 0.6) is 0 Å². The van der Waals surface area contributed by atoms with Crippen molar-refractivity contribution in [1.29, 1.82) is 0 Å². The fraction of sp³-hybridized carbons (Fsp3) is 0.231. The van der Waals surface area contributed by atoms with E-state index in [4.69, 9.17) is 27.6 Å². The van der Waals surface area contributed by atoms with Crippen LogP contribution >= 0.6 is 11.6 Å². The number of nitrogen functional groups attached to an aromatic ring is 2. The van der Waals surface area contributed by atoms with Gasteiger partial charge in [-0.1, -0.05) is 49.0 Å². The molecule has 5 rings (SSSR count). The Morgan fingerprint density at radius 2 is 1.95 bits per heavy atom. The van der Waals surface area contributed by atoms with Gasteiger partial charge in [-0.2, -0.15) is 4.98 Å². The Morgan fingerprint density at radius 3 is 2.57 bits per heavy atom. The van der Waals surface area contributed by atoms with Crippen LogP contribution in [0.25, 0.3) is 28.1 Å². The van der Waals surface area contributed by atoms with Crippen molar-refractivity contribution in [3.63, 3.8) is 0 Å². The summed E-state index contributed by atoms with van der Waals surface area (Å²) in [7, 11) is 0. The monoisotopic (exact) mass is 518 g/mol. The SMILES string of the molecule is C=C/C=C(\C=C)n1c(CCC)nc2cccc(Cl)c2c1=O.Nc1ncnc(N)c1-c1nc(C2CC2)no1. The second-order valence-corrected chi connectivity index (χ2v) is 8.74. The van der Waals surface area contributed by atoms with Crippen LogP contribution in [0.15, 0.2) is 65.2 Å². The average molecular weight is 519 g/mol. The molecule has 0 bridgehead atoms. The summed E-state index contributed by atoms with van der Waals surface area (Å²) in [5, 5.41) is 4.72. The Hall–Kier alpha value is -4.31. The lowest BCUT2D eigenvalue weighted by molar-refractivity contribution is 0.423. The number of rotatable bonds is 7. The molecule has 0 radical (unpaired) electrons. The lowest BCUT2D eigenvalue weighted by Gasteiger charge is -2.14. The standard InChI is InChI=1S/C17H17ClN2O.C9H10N6O/c1-4-8-12(6-3)20-15(9-5-2)19-14-11-7-10-13(18)16(14)17(20)21;10-6-5(7(11)13-3-12-6)9-14-8(15-16-9)4-1-2-4/h4,6-8,10-11H,1,3,5,9H2,2H3;3-4H,1-2H2,(H4,10,11,12,13)/b12-8+;. The highest BCUT2D eigenvalue weighted by atomic mass is 35.5. The van der Waals surface area contributed by atoms with E-state index in [2.05, 4.69) is 38.3 Å². The van der Waals surface area contributed by atoms with E-state index in [-0.39, 0.29) is 23.1 Å². The molecule has 1 aliphatic rings. The van der Waals surface area contributed by atoms with Gasteiger partial charge in [-0.05, 0) is 43.5 Å². The average Bonchev–Trinajstić information content (AvgIpc) is 3.61. The summed E-state index contributed by atoms with van der Waals surface area (Å²) in [5.41, 5.74) is 12.9. The minimum atomic E-state index is -0.179. The Labute approximate surface area is 218 Å². The van der Waals surface area contributed by atoms with Gasteiger partial charge in [0.1, 0.15) is 29.4 Å². The van der Waals surface area contributed by atoms with E-state index in [0.717, 1.165) is 19.3 Å². The summed E-state index contributed by atoms with van der Waals surface area (Å²) in [6, 6.07) is 5.30. The Balaban J connectivity index is 0.000000179. The number of hydrogen-bond acceptors (Lipinski definition) is 9. The van der Waals surface area contributed by atoms with Crippen LogP contribution < -0.4 is 17.0 Å². The third-order valence-corrected chi connectivity index (χ3v) is 5.96. The van der Waals surface area contributed by atoms with E-state index >= 15 is 0 Å². The first-order valence-electron chi connectivity index (χ1n) is 11.7. The third-order valence-electron chi connectivity index (χ3n) is 5.65. The maximum absolute atomic E-state index is 12.8. The number of benzene rings is 1. The third kappa shape index (κ3) is 5.44. The zero-order valence-electron chi connectivity index (χ0n) is 20.4. The highest BCUT2D eigenvalue weighted by Gasteiger charge is 2.29. The summed E-state index contributed by atoms with van der Waals surface area (Å²) in [6.45, 7) is 9.48. The Morgan fingerprint density at radius 1 is 1.22 bits per heavy atom. The van der Waals surface area contributed by atoms with E-state index in [1.807, 2.05) is 6.92 Å². The van der Waals surface area contributed by atoms with Crippen molar-refractivity contribution >= 4 is 39.8 Å². The first-order valence-corrected chi connectivity index (χ1v) is 12.1. The molecule has 1 saturated carbocycles. The quantitative estimate of drug-likeness (QED) is 0.329. The largest absolute Gasteiger partial charge is 0.383 e. The molecule has 4 N–H and O–H groups in total. The maximum Gasteiger partial charge on any atom is 0.267 e. The molecule has 10 nitrogen and oxygen atoms in total. The molecule has 190 valence electrons. The van der Waals surface area contributed by atoms with Crippen LogP contribution in [0.2, 0.25) is 5.02 Å². The highest BCUT2D eigenvalue weighted by molar-refractivity contribution is 6.35. The van der Waals surface area contributed by atoms with Crippen molar-refractivity contribution in [2.45, 2.75) is 38.5 Å². The van der Waals surface area contributed by atoms with Crippen molar-refractivity contribution in [2.24, 2.45) is 0 Å². The molecule has 0 atom stereocenters. The molecule has 3 heterocycles. The number of aryl methyl sites for hydroxylation is 1. The van der Waals surface area contributed by atoms with Crippen molar-refractivity contribution in [3.05, 3.63) is 82.9 Å². The number of aromatic nitrogens is 6. The van der Waals surface area contributed by atoms with Crippen LogP contribution in [-0.4, -0.2) is 29.7 Å². The molecule has 0 aliphatic heterocycles. The number of hydrogen-bond donors (Lipinski definition) is 2. The first kappa shape index (κ1) is 25.8. The molecule has 0 spiro atoms. The number of nitrogens with two attached hydrogens (primary N) is 2. The number of nitrogens with zero attached hydrogens (tertiary/aromatic N) is 6. The van der Waals surface area contributed by atoms with Gasteiger partial charge in [-0.3, -0.25) is 9.36 Å². The zero-order chi connectivity index (χ0) is 26.5. The topological polar surface area (TPSA) is 152 Å². The van der Waals surface area contributed by atoms with Crippen molar-refractivity contribution in [1.82, 2.24) is 29.7 Å². The van der Waals surface area contributed by atoms with E-state index in [0.29, 0.717) is 51.2 Å². The minimum Gasteiger partial charge on any atom is -0.383 e. The maximum atomic E-state index is 12.8. The highest BCUT2D eigenvalue weighted by Crippen LogP contribution is 2.39. The van der Waals surface area contributed by atoms with E-state index in [9.17, 15) is 4.79 Å². The molecule has 1 fully saturated rings. The number of fused-ring (bicyclic) bond motifs is 1. The summed E-state index contributed by atoms with van der Waals surface area (Å²) in [5.74, 6) is 2.61. The summed E-state index contributed by atoms with van der Waals surface area (Å²) < 4.78 is 6.67. The smallest absolute Gasteiger partial charge is 0.267 e. The number of halogens is 1. The predicted octanol–water partition coefficient (Wildman–Crippen LogP) is 4.78. The normalized spacial score (nSPS) is 13.2. The Kier molecular flexibility index (Phi) is 7.78. The molecule has 0 saturated heterocycles. The van der Waals surface area contributed by atoms with Gasteiger partial charge in [0.05, 0.1) is 15.9 Å². The van der Waals surface area contributed by atoms with Gasteiger partial charge in [0, 0.05) is 18.0 Å². The lowest BCUT2D eigenvalue weighted by Crippen LogP contribution is -2.24. The van der Waals surface area contributed by atoms with Crippen LogP contribution in [0.3, 0.4) is 0 Å². The van der Waals surface area contributed by atoms with Crippen LogP contribution in [0, 0.1) is 0 Å². The van der Waals surface area contributed by atoms with Gasteiger partial charge >= 0.3 is 0 Å². The predicted molar refractivity (Wildman–Crippen MR) is 146 cm³/mol. The summed E-state index contributed by atoms with van der Waals surface area (Å²) in [4.78, 5) is 29.4. The van der Waals surface area contributed by atoms with Gasteiger partial charge in [0.2, 0.25) is 0 Å². The molecule has 4 aromatic rings. The van der Waals surface area contributed by atoms with Crippen molar-refractivity contribution < 1.29 is 4.52 Å². The molecular formula is C26H27ClN8O2. The van der Waals surface area contributed by atoms with Gasteiger partial charge in [0.25, 0.3) is 11.4 Å². The van der Waals surface area contributed by atoms with E-state index < -0.39 is 0 Å². The summed E-state index contributed by atoms with van der Waals surface area (Å²) >= 11 is 6.17. The van der Waals surface area contributed by atoms with Crippen molar-refractivity contribution in [3.8, 4) is 11.5 Å². The fourth-order valence-electron chi connectivity index (χ4n) is 3.72. The van der Waals surface area contributed by atoms with E-state index in [1.165, 1.54) is 6.33 Å². The first-order chi connectivity index (χ1) is 17.9. The number of anilines is 2. The zero-order valence-corrected chi connectivity index (χ0v) is 21.1. The van der Waals surface area contributed by atoms with Gasteiger partial charge < -0.3 is 16.0 Å². The van der Waals surface area contributed by atoms with Crippen LogP contribution in [-0.2, 0) is 6.42 Å². The van der Waals surface area contributed by atoms with Gasteiger partial charge in [-0.15, -0.1) is 0 Å². The van der Waals surface area contributed by atoms with Gasteiger partial charge in [0.15, 0.2) is 5.82 Å².